The van der Waals surface area contributed by atoms with Gasteiger partial charge in [0.1, 0.15) is 5.75 Å². The summed E-state index contributed by atoms with van der Waals surface area (Å²) in [4.78, 5) is 11.5. The Morgan fingerprint density at radius 3 is 2.94 bits per heavy atom. The maximum atomic E-state index is 11.5. The van der Waals surface area contributed by atoms with Crippen LogP contribution in [0, 0.1) is 6.92 Å². The molecule has 0 saturated heterocycles. The quantitative estimate of drug-likeness (QED) is 0.787. The topological polar surface area (TPSA) is 64.3 Å². The van der Waals surface area contributed by atoms with Crippen LogP contribution in [0.1, 0.15) is 18.1 Å². The number of rotatable bonds is 2. The number of aryl methyl sites for hydroxylation is 1. The Morgan fingerprint density at radius 1 is 1.50 bits per heavy atom. The molecule has 1 unspecified atom stereocenters. The number of carbonyl (C=O) groups is 1. The molecule has 1 aliphatic heterocycles. The maximum Gasteiger partial charge on any atom is 0.265 e. The summed E-state index contributed by atoms with van der Waals surface area (Å²) >= 11 is 0. The second-order valence-corrected chi connectivity index (χ2v) is 4.09. The van der Waals surface area contributed by atoms with E-state index in [0.29, 0.717) is 6.54 Å². The van der Waals surface area contributed by atoms with Crippen LogP contribution in [0.25, 0.3) is 0 Å². The first kappa shape index (κ1) is 11.0. The van der Waals surface area contributed by atoms with Crippen molar-refractivity contribution in [3.63, 3.8) is 0 Å². The normalized spacial score (nSPS) is 18.7. The average Bonchev–Trinajstić information content (AvgIpc) is 2.21. The van der Waals surface area contributed by atoms with Crippen LogP contribution in [0.4, 0.5) is 5.69 Å². The van der Waals surface area contributed by atoms with Crippen LogP contribution in [0.5, 0.6) is 5.75 Å². The fourth-order valence-electron chi connectivity index (χ4n) is 1.89. The van der Waals surface area contributed by atoms with Crippen molar-refractivity contribution < 1.29 is 9.53 Å². The lowest BCUT2D eigenvalue weighted by Gasteiger charge is -2.26. The van der Waals surface area contributed by atoms with Crippen molar-refractivity contribution in [2.45, 2.75) is 26.4 Å². The molecule has 1 aromatic carbocycles. The Hall–Kier alpha value is -1.55. The zero-order chi connectivity index (χ0) is 11.7. The van der Waals surface area contributed by atoms with Crippen LogP contribution in [-0.4, -0.2) is 18.6 Å². The van der Waals surface area contributed by atoms with Gasteiger partial charge in [0.05, 0.1) is 5.69 Å². The monoisotopic (exact) mass is 220 g/mol. The second-order valence-electron chi connectivity index (χ2n) is 4.09. The molecule has 16 heavy (non-hydrogen) atoms. The second kappa shape index (κ2) is 4.14. The van der Waals surface area contributed by atoms with E-state index in [1.807, 2.05) is 13.0 Å². The van der Waals surface area contributed by atoms with Gasteiger partial charge < -0.3 is 15.8 Å². The summed E-state index contributed by atoms with van der Waals surface area (Å²) in [6.07, 6.45) is 0.318. The van der Waals surface area contributed by atoms with Crippen LogP contribution in [0.15, 0.2) is 12.1 Å². The molecule has 86 valence electrons. The number of anilines is 1. The predicted octanol–water partition coefficient (Wildman–Crippen LogP) is 1.22. The number of hydrogen-bond donors (Lipinski definition) is 2. The van der Waals surface area contributed by atoms with E-state index in [-0.39, 0.29) is 5.91 Å². The van der Waals surface area contributed by atoms with E-state index in [1.54, 1.807) is 6.92 Å². The zero-order valence-corrected chi connectivity index (χ0v) is 9.54. The highest BCUT2D eigenvalue weighted by Crippen LogP contribution is 2.34. The molecule has 1 aliphatic rings. The van der Waals surface area contributed by atoms with Crippen LogP contribution in [0.3, 0.4) is 0 Å². The smallest absolute Gasteiger partial charge is 0.265 e. The molecule has 0 spiro atoms. The standard InChI is InChI=1S/C12H16N2O2/c1-7-5-9(3-4-13)11-10(6-7)14-12(15)8(2)16-11/h5-6,8H,3-4,13H2,1-2H3,(H,14,15). The first-order valence-electron chi connectivity index (χ1n) is 5.43. The molecule has 0 radical (unpaired) electrons. The van der Waals surface area contributed by atoms with E-state index >= 15 is 0 Å². The third-order valence-electron chi connectivity index (χ3n) is 2.65. The van der Waals surface area contributed by atoms with Gasteiger partial charge in [-0.1, -0.05) is 6.07 Å². The SMILES string of the molecule is Cc1cc(CCN)c2c(c1)NC(=O)C(C)O2. The Labute approximate surface area is 94.8 Å². The van der Waals surface area contributed by atoms with E-state index in [0.717, 1.165) is 29.0 Å². The summed E-state index contributed by atoms with van der Waals surface area (Å²) in [6, 6.07) is 3.97. The van der Waals surface area contributed by atoms with E-state index in [9.17, 15) is 4.79 Å². The van der Waals surface area contributed by atoms with E-state index in [1.165, 1.54) is 0 Å². The lowest BCUT2D eigenvalue weighted by atomic mass is 10.0. The van der Waals surface area contributed by atoms with Crippen molar-refractivity contribution in [3.05, 3.63) is 23.3 Å². The first-order valence-corrected chi connectivity index (χ1v) is 5.43. The fourth-order valence-corrected chi connectivity index (χ4v) is 1.89. The third-order valence-corrected chi connectivity index (χ3v) is 2.65. The number of amides is 1. The highest BCUT2D eigenvalue weighted by molar-refractivity contribution is 5.97. The number of carbonyl (C=O) groups excluding carboxylic acids is 1. The molecule has 0 aliphatic carbocycles. The molecule has 0 fully saturated rings. The van der Waals surface area contributed by atoms with Crippen molar-refractivity contribution >= 4 is 11.6 Å². The molecule has 4 heteroatoms. The van der Waals surface area contributed by atoms with Gasteiger partial charge in [0.25, 0.3) is 5.91 Å². The summed E-state index contributed by atoms with van der Waals surface area (Å²) in [5.41, 5.74) is 8.48. The third kappa shape index (κ3) is 1.88. The number of hydrogen-bond acceptors (Lipinski definition) is 3. The van der Waals surface area contributed by atoms with Crippen molar-refractivity contribution in [1.82, 2.24) is 0 Å². The molecule has 0 aromatic heterocycles. The van der Waals surface area contributed by atoms with Crippen molar-refractivity contribution in [3.8, 4) is 5.75 Å². The molecule has 2 rings (SSSR count). The predicted molar refractivity (Wildman–Crippen MR) is 62.7 cm³/mol. The number of ether oxygens (including phenoxy) is 1. The minimum Gasteiger partial charge on any atom is -0.478 e. The van der Waals surface area contributed by atoms with Gasteiger partial charge in [-0.05, 0) is 44.0 Å². The van der Waals surface area contributed by atoms with E-state index < -0.39 is 6.10 Å². The number of benzene rings is 1. The molecule has 3 N–H and O–H groups in total. The summed E-state index contributed by atoms with van der Waals surface area (Å²) in [5.74, 6) is 0.667. The minimum atomic E-state index is -0.438. The number of fused-ring (bicyclic) bond motifs is 1. The van der Waals surface area contributed by atoms with Gasteiger partial charge >= 0.3 is 0 Å². The minimum absolute atomic E-state index is 0.100. The molecule has 0 saturated carbocycles. The molecular formula is C12H16N2O2. The van der Waals surface area contributed by atoms with Crippen molar-refractivity contribution in [1.29, 1.82) is 0 Å². The van der Waals surface area contributed by atoms with Crippen LogP contribution in [-0.2, 0) is 11.2 Å². The molecule has 4 nitrogen and oxygen atoms in total. The highest BCUT2D eigenvalue weighted by Gasteiger charge is 2.25. The Kier molecular flexibility index (Phi) is 2.83. The number of nitrogens with two attached hydrogens (primary N) is 1. The van der Waals surface area contributed by atoms with Gasteiger partial charge in [0.2, 0.25) is 0 Å². The molecule has 1 amide bonds. The van der Waals surface area contributed by atoms with Gasteiger partial charge in [-0.3, -0.25) is 4.79 Å². The summed E-state index contributed by atoms with van der Waals surface area (Å²) in [6.45, 7) is 4.30. The van der Waals surface area contributed by atoms with Crippen molar-refractivity contribution in [2.75, 3.05) is 11.9 Å². The van der Waals surface area contributed by atoms with Gasteiger partial charge in [-0.15, -0.1) is 0 Å². The van der Waals surface area contributed by atoms with Gasteiger partial charge in [0.15, 0.2) is 6.10 Å². The lowest BCUT2D eigenvalue weighted by Crippen LogP contribution is -2.35. The molecule has 1 atom stereocenters. The van der Waals surface area contributed by atoms with Gasteiger partial charge in [0, 0.05) is 0 Å². The Balaban J connectivity index is 2.45. The molecule has 0 bridgehead atoms. The van der Waals surface area contributed by atoms with E-state index in [4.69, 9.17) is 10.5 Å². The van der Waals surface area contributed by atoms with E-state index in [2.05, 4.69) is 11.4 Å². The van der Waals surface area contributed by atoms with Crippen LogP contribution >= 0.6 is 0 Å². The van der Waals surface area contributed by atoms with Crippen molar-refractivity contribution in [2.24, 2.45) is 5.73 Å². The first-order chi connectivity index (χ1) is 7.61. The largest absolute Gasteiger partial charge is 0.478 e. The zero-order valence-electron chi connectivity index (χ0n) is 9.54. The maximum absolute atomic E-state index is 11.5. The lowest BCUT2D eigenvalue weighted by molar-refractivity contribution is -0.122. The summed E-state index contributed by atoms with van der Waals surface area (Å²) in [5, 5.41) is 2.84. The Morgan fingerprint density at radius 2 is 2.25 bits per heavy atom. The average molecular weight is 220 g/mol. The van der Waals surface area contributed by atoms with Crippen LogP contribution < -0.4 is 15.8 Å². The molecule has 1 heterocycles. The molecular weight excluding hydrogens is 204 g/mol. The highest BCUT2D eigenvalue weighted by atomic mass is 16.5. The fraction of sp³-hybridized carbons (Fsp3) is 0.417. The van der Waals surface area contributed by atoms with Gasteiger partial charge in [-0.25, -0.2) is 0 Å². The number of nitrogens with one attached hydrogen (secondary N) is 1. The van der Waals surface area contributed by atoms with Gasteiger partial charge in [-0.2, -0.15) is 0 Å². The Bertz CT molecular complexity index is 429. The summed E-state index contributed by atoms with van der Waals surface area (Å²) in [7, 11) is 0. The molecule has 1 aromatic rings. The van der Waals surface area contributed by atoms with Crippen LogP contribution in [0.2, 0.25) is 0 Å². The summed E-state index contributed by atoms with van der Waals surface area (Å²) < 4.78 is 5.62.